The molecule has 0 unspecified atom stereocenters. The van der Waals surface area contributed by atoms with E-state index in [1.54, 1.807) is 39.8 Å². The van der Waals surface area contributed by atoms with Crippen molar-refractivity contribution < 1.29 is 26.8 Å². The second-order valence-corrected chi connectivity index (χ2v) is 13.1. The number of hydrogen-bond donors (Lipinski definition) is 1. The Morgan fingerprint density at radius 3 is 2.09 bits per heavy atom. The highest BCUT2D eigenvalue weighted by Crippen LogP contribution is 2.67. The Morgan fingerprint density at radius 1 is 1.00 bits per heavy atom. The number of Topliss-reactive ketones (excluding diaryl/α,β-unsaturated/α-hetero) is 1. The Morgan fingerprint density at radius 2 is 1.55 bits per heavy atom. The van der Waals surface area contributed by atoms with Crippen molar-refractivity contribution in [2.24, 2.45) is 0 Å². The molecule has 1 aliphatic rings. The minimum atomic E-state index is -4.34. The molecule has 0 radical (unpaired) electrons. The highest BCUT2D eigenvalue weighted by Gasteiger charge is 2.58. The molecule has 11 heteroatoms. The summed E-state index contributed by atoms with van der Waals surface area (Å²) in [5, 5.41) is -1.67. The number of fused-ring (bicyclic) bond motifs is 1. The number of carbonyl (C=O) groups is 1. The van der Waals surface area contributed by atoms with Gasteiger partial charge in [-0.1, -0.05) is 35.9 Å². The van der Waals surface area contributed by atoms with Crippen LogP contribution in [0.25, 0.3) is 0 Å². The van der Waals surface area contributed by atoms with Crippen LogP contribution in [0.2, 0.25) is 5.02 Å². The molecule has 1 atom stereocenters. The number of halogens is 2. The van der Waals surface area contributed by atoms with Crippen molar-refractivity contribution >= 4 is 50.9 Å². The predicted molar refractivity (Wildman–Crippen MR) is 131 cm³/mol. The summed E-state index contributed by atoms with van der Waals surface area (Å²) in [5.74, 6) is -0.382. The summed E-state index contributed by atoms with van der Waals surface area (Å²) < 4.78 is 55.8. The Balaban J connectivity index is 2.35. The largest absolute Gasteiger partial charge is 0.360 e. The fourth-order valence-corrected chi connectivity index (χ4v) is 8.59. The number of ketones is 1. The lowest BCUT2D eigenvalue weighted by Crippen LogP contribution is -2.48. The molecule has 0 heterocycles. The number of allylic oxidation sites excluding steroid dienone is 1. The van der Waals surface area contributed by atoms with Gasteiger partial charge in [-0.05, 0) is 74.0 Å². The van der Waals surface area contributed by atoms with Gasteiger partial charge in [0.2, 0.25) is 10.0 Å². The topological polar surface area (TPSA) is 98.8 Å². The van der Waals surface area contributed by atoms with Crippen molar-refractivity contribution in [3.05, 3.63) is 75.2 Å². The third-order valence-corrected chi connectivity index (χ3v) is 9.90. The molecule has 0 aromatic heterocycles. The molecule has 1 aliphatic carbocycles. The van der Waals surface area contributed by atoms with Crippen molar-refractivity contribution in [2.45, 2.75) is 50.1 Å². The van der Waals surface area contributed by atoms with Crippen LogP contribution in [0.4, 0.5) is 0 Å². The summed E-state index contributed by atoms with van der Waals surface area (Å²) in [4.78, 5) is 12.8. The Bertz CT molecular complexity index is 1230. The monoisotopic (exact) mass is 575 g/mol. The van der Waals surface area contributed by atoms with Gasteiger partial charge in [0.05, 0.1) is 21.6 Å². The Labute approximate surface area is 207 Å². The molecule has 178 valence electrons. The molecular weight excluding hydrogens is 553 g/mol. The van der Waals surface area contributed by atoms with Crippen LogP contribution in [-0.2, 0) is 28.9 Å². The summed E-state index contributed by atoms with van der Waals surface area (Å²) in [7, 11) is -8.63. The molecule has 0 fully saturated rings. The first-order valence-electron chi connectivity index (χ1n) is 10.1. The van der Waals surface area contributed by atoms with Crippen LogP contribution in [0.1, 0.15) is 43.6 Å². The zero-order chi connectivity index (χ0) is 24.6. The van der Waals surface area contributed by atoms with Crippen molar-refractivity contribution in [3.63, 3.8) is 0 Å². The van der Waals surface area contributed by atoms with Crippen LogP contribution >= 0.6 is 35.1 Å². The molecular formula is C22H24BrClNO6PS. The zero-order valence-corrected chi connectivity index (χ0v) is 22.5. The fraction of sp³-hybridized carbons (Fsp3) is 0.318. The summed E-state index contributed by atoms with van der Waals surface area (Å²) in [6.07, 6.45) is 0.100. The molecule has 0 amide bonds. The maximum atomic E-state index is 14.5. The van der Waals surface area contributed by atoms with E-state index in [2.05, 4.69) is 20.7 Å². The van der Waals surface area contributed by atoms with E-state index in [-0.39, 0.29) is 26.3 Å². The molecule has 33 heavy (non-hydrogen) atoms. The quantitative estimate of drug-likeness (QED) is 0.388. The highest BCUT2D eigenvalue weighted by molar-refractivity contribution is 9.12. The molecule has 3 rings (SSSR count). The number of rotatable bonds is 8. The van der Waals surface area contributed by atoms with Gasteiger partial charge in [-0.3, -0.25) is 9.36 Å². The SMILES string of the molecule is CC(C)OP(=O)(OC(C)C)[C@]1(NS(=O)(=O)c2ccc(Cl)cc2)C=C(Br)C(=O)c2ccccc21. The van der Waals surface area contributed by atoms with Gasteiger partial charge in [0.1, 0.15) is 0 Å². The zero-order valence-electron chi connectivity index (χ0n) is 18.4. The Kier molecular flexibility index (Phi) is 7.76. The average Bonchev–Trinajstić information content (AvgIpc) is 2.70. The number of nitrogens with one attached hydrogen (secondary N) is 1. The smallest absolute Gasteiger partial charge is 0.304 e. The van der Waals surface area contributed by atoms with E-state index in [1.165, 1.54) is 42.5 Å². The molecule has 2 aromatic carbocycles. The molecule has 0 saturated heterocycles. The first kappa shape index (κ1) is 26.3. The Hall–Kier alpha value is -1.32. The first-order chi connectivity index (χ1) is 15.3. The lowest BCUT2D eigenvalue weighted by Gasteiger charge is -2.41. The second kappa shape index (κ2) is 9.74. The van der Waals surface area contributed by atoms with E-state index >= 15 is 0 Å². The number of carbonyl (C=O) groups excluding carboxylic acids is 1. The van der Waals surface area contributed by atoms with Gasteiger partial charge < -0.3 is 9.05 Å². The van der Waals surface area contributed by atoms with Crippen LogP contribution in [0, 0.1) is 0 Å². The lowest BCUT2D eigenvalue weighted by molar-refractivity contribution is 0.103. The van der Waals surface area contributed by atoms with Crippen molar-refractivity contribution in [3.8, 4) is 0 Å². The second-order valence-electron chi connectivity index (χ2n) is 8.00. The van der Waals surface area contributed by atoms with Crippen molar-refractivity contribution in [2.75, 3.05) is 0 Å². The lowest BCUT2D eigenvalue weighted by atomic mass is 9.92. The molecule has 0 aliphatic heterocycles. The predicted octanol–water partition coefficient (Wildman–Crippen LogP) is 5.99. The van der Waals surface area contributed by atoms with Gasteiger partial charge in [0, 0.05) is 16.1 Å². The minimum absolute atomic E-state index is 0.0277. The van der Waals surface area contributed by atoms with Crippen LogP contribution in [0.15, 0.2) is 64.0 Å². The molecule has 7 nitrogen and oxygen atoms in total. The highest BCUT2D eigenvalue weighted by atomic mass is 79.9. The van der Waals surface area contributed by atoms with Gasteiger partial charge in [-0.25, -0.2) is 8.42 Å². The van der Waals surface area contributed by atoms with Crippen LogP contribution in [-0.4, -0.2) is 26.4 Å². The maximum Gasteiger partial charge on any atom is 0.360 e. The fourth-order valence-electron chi connectivity index (χ4n) is 3.46. The maximum absolute atomic E-state index is 14.5. The standard InChI is InChI=1S/C22H24BrClNO6PS/c1-14(2)30-32(27,31-15(3)4)22(25-33(28,29)17-11-9-16(24)10-12-17)13-20(23)21(26)18-7-5-6-8-19(18)22/h5-15,25H,1-4H3/t22-/m1/s1. The molecule has 0 bridgehead atoms. The minimum Gasteiger partial charge on any atom is -0.304 e. The third kappa shape index (κ3) is 5.20. The van der Waals surface area contributed by atoms with E-state index in [0.29, 0.717) is 5.02 Å². The number of sulfonamides is 1. The van der Waals surface area contributed by atoms with E-state index in [1.807, 2.05) is 0 Å². The molecule has 0 spiro atoms. The van der Waals surface area contributed by atoms with Crippen LogP contribution in [0.3, 0.4) is 0 Å². The van der Waals surface area contributed by atoms with Gasteiger partial charge in [-0.15, -0.1) is 0 Å². The third-order valence-electron chi connectivity index (χ3n) is 4.68. The summed E-state index contributed by atoms with van der Waals surface area (Å²) >= 11 is 9.14. The van der Waals surface area contributed by atoms with E-state index in [9.17, 15) is 17.8 Å². The van der Waals surface area contributed by atoms with Crippen molar-refractivity contribution in [1.29, 1.82) is 0 Å². The van der Waals surface area contributed by atoms with Gasteiger partial charge in [0.15, 0.2) is 11.1 Å². The van der Waals surface area contributed by atoms with E-state index in [0.717, 1.165) is 0 Å². The first-order valence-corrected chi connectivity index (χ1v) is 14.3. The van der Waals surface area contributed by atoms with E-state index in [4.69, 9.17) is 20.6 Å². The summed E-state index contributed by atoms with van der Waals surface area (Å²) in [5.41, 5.74) is 0.339. The van der Waals surface area contributed by atoms with E-state index < -0.39 is 35.1 Å². The normalized spacial score (nSPS) is 19.0. The molecule has 2 aromatic rings. The van der Waals surface area contributed by atoms with Gasteiger partial charge in [0.25, 0.3) is 0 Å². The average molecular weight is 577 g/mol. The van der Waals surface area contributed by atoms with Gasteiger partial charge >= 0.3 is 7.60 Å². The van der Waals surface area contributed by atoms with Crippen molar-refractivity contribution in [1.82, 2.24) is 4.72 Å². The number of hydrogen-bond acceptors (Lipinski definition) is 6. The summed E-state index contributed by atoms with van der Waals surface area (Å²) in [6, 6.07) is 11.9. The molecule has 0 saturated carbocycles. The molecule has 1 N–H and O–H groups in total. The van der Waals surface area contributed by atoms with Crippen LogP contribution in [0.5, 0.6) is 0 Å². The van der Waals surface area contributed by atoms with Crippen LogP contribution < -0.4 is 4.72 Å². The number of benzene rings is 2. The summed E-state index contributed by atoms with van der Waals surface area (Å²) in [6.45, 7) is 6.65. The van der Waals surface area contributed by atoms with Gasteiger partial charge in [-0.2, -0.15) is 4.72 Å².